The van der Waals surface area contributed by atoms with Crippen LogP contribution in [-0.4, -0.2) is 28.2 Å². The third kappa shape index (κ3) is 3.15. The maximum atomic E-state index is 12.3. The average Bonchev–Trinajstić information content (AvgIpc) is 3.01. The van der Waals surface area contributed by atoms with Gasteiger partial charge in [0, 0.05) is 11.6 Å². The highest BCUT2D eigenvalue weighted by molar-refractivity contribution is 5.94. The lowest BCUT2D eigenvalue weighted by Crippen LogP contribution is -2.35. The lowest BCUT2D eigenvalue weighted by Gasteiger charge is -2.31. The third-order valence-electron chi connectivity index (χ3n) is 4.45. The minimum absolute atomic E-state index is 0.0930. The number of carbonyl (C=O) groups is 1. The highest BCUT2D eigenvalue weighted by atomic mass is 16.5. The second kappa shape index (κ2) is 6.96. The predicted molar refractivity (Wildman–Crippen MR) is 89.1 cm³/mol. The van der Waals surface area contributed by atoms with Crippen molar-refractivity contribution < 1.29 is 9.53 Å². The van der Waals surface area contributed by atoms with Crippen molar-refractivity contribution in [3.05, 3.63) is 42.4 Å². The number of carbonyl (C=O) groups excluding carboxylic acids is 1. The van der Waals surface area contributed by atoms with E-state index in [9.17, 15) is 4.79 Å². The molecule has 2 atom stereocenters. The van der Waals surface area contributed by atoms with Crippen molar-refractivity contribution in [3.63, 3.8) is 0 Å². The van der Waals surface area contributed by atoms with Crippen LogP contribution < -0.4 is 5.73 Å². The van der Waals surface area contributed by atoms with Crippen molar-refractivity contribution >= 4 is 5.97 Å². The van der Waals surface area contributed by atoms with Crippen LogP contribution in [0.25, 0.3) is 11.3 Å². The van der Waals surface area contributed by atoms with Gasteiger partial charge in [-0.05, 0) is 19.8 Å². The third-order valence-corrected chi connectivity index (χ3v) is 4.45. The molecular formula is C18H23N3O2. The quantitative estimate of drug-likeness (QED) is 0.880. The number of benzene rings is 1. The molecule has 1 aromatic heterocycles. The number of hydrogen-bond donors (Lipinski definition) is 1. The number of imidazole rings is 1. The van der Waals surface area contributed by atoms with Crippen LogP contribution in [0.1, 0.15) is 49.1 Å². The number of aromatic nitrogens is 2. The van der Waals surface area contributed by atoms with Crippen molar-refractivity contribution in [3.8, 4) is 11.3 Å². The number of rotatable bonds is 4. The molecule has 1 aliphatic carbocycles. The first kappa shape index (κ1) is 15.7. The smallest absolute Gasteiger partial charge is 0.359 e. The monoisotopic (exact) mass is 313 g/mol. The van der Waals surface area contributed by atoms with Gasteiger partial charge in [0.25, 0.3) is 0 Å². The van der Waals surface area contributed by atoms with Gasteiger partial charge in [-0.2, -0.15) is 0 Å². The maximum absolute atomic E-state index is 12.3. The minimum Gasteiger partial charge on any atom is -0.461 e. The van der Waals surface area contributed by atoms with Crippen LogP contribution >= 0.6 is 0 Å². The molecule has 0 amide bonds. The summed E-state index contributed by atoms with van der Waals surface area (Å²) in [7, 11) is 0. The zero-order valence-corrected chi connectivity index (χ0v) is 13.4. The molecule has 2 aromatic rings. The molecule has 1 saturated carbocycles. The molecule has 1 fully saturated rings. The minimum atomic E-state index is -0.380. The fourth-order valence-corrected chi connectivity index (χ4v) is 3.33. The molecule has 2 N–H and O–H groups in total. The van der Waals surface area contributed by atoms with Gasteiger partial charge in [0.1, 0.15) is 0 Å². The van der Waals surface area contributed by atoms with E-state index in [1.165, 1.54) is 0 Å². The van der Waals surface area contributed by atoms with Crippen LogP contribution in [0, 0.1) is 0 Å². The highest BCUT2D eigenvalue weighted by Crippen LogP contribution is 2.33. The number of hydrogen-bond acceptors (Lipinski definition) is 4. The molecule has 0 saturated heterocycles. The summed E-state index contributed by atoms with van der Waals surface area (Å²) in [6.07, 6.45) is 6.08. The van der Waals surface area contributed by atoms with Crippen molar-refractivity contribution in [2.75, 3.05) is 6.61 Å². The number of ether oxygens (including phenoxy) is 1. The molecule has 1 aliphatic rings. The molecule has 1 heterocycles. The molecular weight excluding hydrogens is 290 g/mol. The molecule has 0 bridgehead atoms. The molecule has 0 spiro atoms. The summed E-state index contributed by atoms with van der Waals surface area (Å²) < 4.78 is 7.25. The molecule has 0 aliphatic heterocycles. The van der Waals surface area contributed by atoms with Crippen molar-refractivity contribution in [1.29, 1.82) is 0 Å². The Kier molecular flexibility index (Phi) is 4.76. The summed E-state index contributed by atoms with van der Waals surface area (Å²) >= 11 is 0. The first-order valence-corrected chi connectivity index (χ1v) is 8.27. The van der Waals surface area contributed by atoms with Gasteiger partial charge >= 0.3 is 5.97 Å². The highest BCUT2D eigenvalue weighted by Gasteiger charge is 2.29. The fraction of sp³-hybridized carbons (Fsp3) is 0.444. The van der Waals surface area contributed by atoms with Crippen molar-refractivity contribution in [1.82, 2.24) is 9.55 Å². The van der Waals surface area contributed by atoms with Gasteiger partial charge in [-0.1, -0.05) is 43.2 Å². The van der Waals surface area contributed by atoms with Gasteiger partial charge in [0.05, 0.1) is 24.7 Å². The van der Waals surface area contributed by atoms with Crippen LogP contribution in [0.2, 0.25) is 0 Å². The van der Waals surface area contributed by atoms with Crippen LogP contribution in [0.3, 0.4) is 0 Å². The van der Waals surface area contributed by atoms with Gasteiger partial charge in [0.2, 0.25) is 0 Å². The van der Waals surface area contributed by atoms with E-state index in [0.717, 1.165) is 36.9 Å². The van der Waals surface area contributed by atoms with E-state index in [4.69, 9.17) is 10.5 Å². The van der Waals surface area contributed by atoms with Gasteiger partial charge in [0.15, 0.2) is 5.69 Å². The predicted octanol–water partition coefficient (Wildman–Crippen LogP) is 3.17. The van der Waals surface area contributed by atoms with Gasteiger partial charge < -0.3 is 15.0 Å². The summed E-state index contributed by atoms with van der Waals surface area (Å²) in [5, 5.41) is 0. The zero-order valence-electron chi connectivity index (χ0n) is 13.4. The number of nitrogens with two attached hydrogens (primary N) is 1. The fourth-order valence-electron chi connectivity index (χ4n) is 3.33. The Morgan fingerprint density at radius 2 is 2.04 bits per heavy atom. The van der Waals surface area contributed by atoms with E-state index >= 15 is 0 Å². The van der Waals surface area contributed by atoms with E-state index in [2.05, 4.69) is 9.55 Å². The zero-order chi connectivity index (χ0) is 16.2. The summed E-state index contributed by atoms with van der Waals surface area (Å²) in [5.41, 5.74) is 8.48. The van der Waals surface area contributed by atoms with Crippen LogP contribution in [0.15, 0.2) is 36.7 Å². The van der Waals surface area contributed by atoms with Crippen molar-refractivity contribution in [2.24, 2.45) is 5.73 Å². The Balaban J connectivity index is 2.07. The number of esters is 1. The van der Waals surface area contributed by atoms with E-state index in [0.29, 0.717) is 12.3 Å². The SMILES string of the molecule is CCOC(=O)c1ncn([C@@H]2CCCC[C@H]2N)c1-c1ccccc1. The topological polar surface area (TPSA) is 70.1 Å². The first-order valence-electron chi connectivity index (χ1n) is 8.27. The lowest BCUT2D eigenvalue weighted by atomic mass is 9.90. The molecule has 0 unspecified atom stereocenters. The Morgan fingerprint density at radius 1 is 1.30 bits per heavy atom. The van der Waals surface area contributed by atoms with Crippen LogP contribution in [-0.2, 0) is 4.74 Å². The molecule has 23 heavy (non-hydrogen) atoms. The van der Waals surface area contributed by atoms with Gasteiger partial charge in [-0.3, -0.25) is 0 Å². The van der Waals surface area contributed by atoms with E-state index in [-0.39, 0.29) is 18.1 Å². The first-order chi connectivity index (χ1) is 11.2. The average molecular weight is 313 g/mol. The number of nitrogens with zero attached hydrogens (tertiary/aromatic N) is 2. The molecule has 5 nitrogen and oxygen atoms in total. The molecule has 1 aromatic carbocycles. The van der Waals surface area contributed by atoms with Crippen molar-refractivity contribution in [2.45, 2.75) is 44.7 Å². The lowest BCUT2D eigenvalue weighted by molar-refractivity contribution is 0.0521. The Hall–Kier alpha value is -2.14. The van der Waals surface area contributed by atoms with E-state index in [1.54, 1.807) is 13.3 Å². The van der Waals surface area contributed by atoms with Gasteiger partial charge in [-0.15, -0.1) is 0 Å². The second-order valence-corrected chi connectivity index (χ2v) is 5.95. The standard InChI is InChI=1S/C18H23N3O2/c1-2-23-18(22)16-17(13-8-4-3-5-9-13)21(12-20-16)15-11-7-6-10-14(15)19/h3-5,8-9,12,14-15H,2,6-7,10-11,19H2,1H3/t14-,15-/m1/s1. The Labute approximate surface area is 136 Å². The summed E-state index contributed by atoms with van der Waals surface area (Å²) in [6, 6.07) is 10.1. The van der Waals surface area contributed by atoms with Crippen LogP contribution in [0.5, 0.6) is 0 Å². The second-order valence-electron chi connectivity index (χ2n) is 5.95. The summed E-state index contributed by atoms with van der Waals surface area (Å²) in [6.45, 7) is 2.14. The summed E-state index contributed by atoms with van der Waals surface area (Å²) in [4.78, 5) is 16.6. The molecule has 5 heteroatoms. The van der Waals surface area contributed by atoms with E-state index in [1.807, 2.05) is 30.3 Å². The Bertz CT molecular complexity index is 666. The normalized spacial score (nSPS) is 21.1. The van der Waals surface area contributed by atoms with E-state index < -0.39 is 0 Å². The van der Waals surface area contributed by atoms with Crippen LogP contribution in [0.4, 0.5) is 0 Å². The Morgan fingerprint density at radius 3 is 2.74 bits per heavy atom. The van der Waals surface area contributed by atoms with Gasteiger partial charge in [-0.25, -0.2) is 9.78 Å². The molecule has 122 valence electrons. The maximum Gasteiger partial charge on any atom is 0.359 e. The largest absolute Gasteiger partial charge is 0.461 e. The molecule has 0 radical (unpaired) electrons. The summed E-state index contributed by atoms with van der Waals surface area (Å²) in [5.74, 6) is -0.380. The molecule has 3 rings (SSSR count).